The first-order chi connectivity index (χ1) is 15.5. The second-order valence-electron chi connectivity index (χ2n) is 7.48. The SMILES string of the molecule is COc1ccc(N2C(=O)C(=O)/C(=C(/O)c3cc(C)ccc3OC)C2c2ccccc2)cc1. The summed E-state index contributed by atoms with van der Waals surface area (Å²) in [7, 11) is 3.05. The van der Waals surface area contributed by atoms with Gasteiger partial charge < -0.3 is 14.6 Å². The first kappa shape index (κ1) is 21.2. The molecule has 0 radical (unpaired) electrons. The van der Waals surface area contributed by atoms with Crippen LogP contribution in [-0.4, -0.2) is 31.0 Å². The highest BCUT2D eigenvalue weighted by Crippen LogP contribution is 2.43. The fraction of sp³-hybridized carbons (Fsp3) is 0.154. The number of carbonyl (C=O) groups excluding carboxylic acids is 2. The topological polar surface area (TPSA) is 76.1 Å². The quantitative estimate of drug-likeness (QED) is 0.363. The van der Waals surface area contributed by atoms with Crippen molar-refractivity contribution < 1.29 is 24.2 Å². The van der Waals surface area contributed by atoms with Crippen molar-refractivity contribution in [3.63, 3.8) is 0 Å². The summed E-state index contributed by atoms with van der Waals surface area (Å²) in [5, 5.41) is 11.3. The number of methoxy groups -OCH3 is 2. The number of amides is 1. The van der Waals surface area contributed by atoms with Gasteiger partial charge in [0.15, 0.2) is 0 Å². The Kier molecular flexibility index (Phi) is 5.69. The van der Waals surface area contributed by atoms with Crippen molar-refractivity contribution in [2.75, 3.05) is 19.1 Å². The lowest BCUT2D eigenvalue weighted by atomic mass is 9.94. The molecule has 1 fully saturated rings. The van der Waals surface area contributed by atoms with Gasteiger partial charge in [-0.2, -0.15) is 0 Å². The summed E-state index contributed by atoms with van der Waals surface area (Å²) in [4.78, 5) is 27.8. The molecule has 1 aliphatic heterocycles. The second-order valence-corrected chi connectivity index (χ2v) is 7.48. The number of Topliss-reactive ketones (excluding diaryl/α,β-unsaturated/α-hetero) is 1. The van der Waals surface area contributed by atoms with E-state index in [0.29, 0.717) is 28.3 Å². The minimum absolute atomic E-state index is 0.0147. The third-order valence-corrected chi connectivity index (χ3v) is 5.52. The van der Waals surface area contributed by atoms with Gasteiger partial charge in [-0.25, -0.2) is 0 Å². The van der Waals surface area contributed by atoms with Crippen molar-refractivity contribution in [2.45, 2.75) is 13.0 Å². The van der Waals surface area contributed by atoms with E-state index in [0.717, 1.165) is 5.56 Å². The summed E-state index contributed by atoms with van der Waals surface area (Å²) in [5.41, 5.74) is 2.49. The minimum atomic E-state index is -0.796. The van der Waals surface area contributed by atoms with Gasteiger partial charge in [0.05, 0.1) is 31.4 Å². The van der Waals surface area contributed by atoms with Crippen molar-refractivity contribution in [2.24, 2.45) is 0 Å². The molecule has 1 N–H and O–H groups in total. The van der Waals surface area contributed by atoms with Crippen molar-refractivity contribution in [1.29, 1.82) is 0 Å². The Balaban J connectivity index is 1.95. The third-order valence-electron chi connectivity index (χ3n) is 5.52. The normalized spacial score (nSPS) is 17.5. The zero-order valence-electron chi connectivity index (χ0n) is 18.0. The molecule has 0 aliphatic carbocycles. The van der Waals surface area contributed by atoms with Crippen molar-refractivity contribution in [3.05, 3.63) is 95.1 Å². The number of ether oxygens (including phenoxy) is 2. The van der Waals surface area contributed by atoms with Gasteiger partial charge in [-0.1, -0.05) is 42.0 Å². The molecular weight excluding hydrogens is 406 g/mol. The number of rotatable bonds is 5. The van der Waals surface area contributed by atoms with Gasteiger partial charge in [0, 0.05) is 5.69 Å². The maximum atomic E-state index is 13.2. The van der Waals surface area contributed by atoms with Gasteiger partial charge >= 0.3 is 0 Å². The molecule has 3 aromatic rings. The summed E-state index contributed by atoms with van der Waals surface area (Å²) < 4.78 is 10.6. The number of hydrogen-bond donors (Lipinski definition) is 1. The van der Waals surface area contributed by atoms with Gasteiger partial charge in [-0.05, 0) is 48.9 Å². The number of benzene rings is 3. The zero-order chi connectivity index (χ0) is 22.8. The monoisotopic (exact) mass is 429 g/mol. The fourth-order valence-corrected chi connectivity index (χ4v) is 3.94. The number of aliphatic hydroxyl groups excluding tert-OH is 1. The van der Waals surface area contributed by atoms with Crippen molar-refractivity contribution in [3.8, 4) is 11.5 Å². The second kappa shape index (κ2) is 8.59. The van der Waals surface area contributed by atoms with Crippen LogP contribution in [0.15, 0.2) is 78.4 Å². The Hall–Kier alpha value is -4.06. The van der Waals surface area contributed by atoms with Gasteiger partial charge in [0.1, 0.15) is 17.3 Å². The number of carbonyl (C=O) groups is 2. The molecule has 6 nitrogen and oxygen atoms in total. The van der Waals surface area contributed by atoms with Gasteiger partial charge in [-0.15, -0.1) is 0 Å². The molecule has 1 heterocycles. The molecule has 1 unspecified atom stereocenters. The van der Waals surface area contributed by atoms with Gasteiger partial charge in [0.2, 0.25) is 0 Å². The van der Waals surface area contributed by atoms with Gasteiger partial charge in [0.25, 0.3) is 11.7 Å². The van der Waals surface area contributed by atoms with E-state index in [4.69, 9.17) is 9.47 Å². The van der Waals surface area contributed by atoms with Crippen molar-refractivity contribution >= 4 is 23.1 Å². The first-order valence-corrected chi connectivity index (χ1v) is 10.1. The average molecular weight is 429 g/mol. The van der Waals surface area contributed by atoms with E-state index in [1.54, 1.807) is 43.5 Å². The summed E-state index contributed by atoms with van der Waals surface area (Å²) in [5.74, 6) is -0.691. The molecule has 0 saturated carbocycles. The largest absolute Gasteiger partial charge is 0.507 e. The molecule has 1 amide bonds. The van der Waals surface area contributed by atoms with E-state index in [9.17, 15) is 14.7 Å². The molecule has 6 heteroatoms. The number of aryl methyl sites for hydroxylation is 1. The number of aliphatic hydroxyl groups is 1. The van der Waals surface area contributed by atoms with Crippen LogP contribution in [0.3, 0.4) is 0 Å². The zero-order valence-corrected chi connectivity index (χ0v) is 18.0. The maximum absolute atomic E-state index is 13.2. The number of hydrogen-bond acceptors (Lipinski definition) is 5. The lowest BCUT2D eigenvalue weighted by Crippen LogP contribution is -2.29. The highest BCUT2D eigenvalue weighted by Gasteiger charge is 2.47. The molecule has 1 aliphatic rings. The average Bonchev–Trinajstić information content (AvgIpc) is 3.09. The van der Waals surface area contributed by atoms with E-state index in [-0.39, 0.29) is 11.3 Å². The van der Waals surface area contributed by atoms with Crippen LogP contribution in [-0.2, 0) is 9.59 Å². The highest BCUT2D eigenvalue weighted by molar-refractivity contribution is 6.51. The molecule has 0 bridgehead atoms. The predicted octanol–water partition coefficient (Wildman–Crippen LogP) is 4.64. The molecular formula is C26H23NO5. The molecule has 162 valence electrons. The smallest absolute Gasteiger partial charge is 0.300 e. The Bertz CT molecular complexity index is 1200. The van der Waals surface area contributed by atoms with Crippen LogP contribution in [0.1, 0.15) is 22.7 Å². The Morgan fingerprint density at radius 3 is 2.22 bits per heavy atom. The number of anilines is 1. The lowest BCUT2D eigenvalue weighted by molar-refractivity contribution is -0.132. The summed E-state index contributed by atoms with van der Waals surface area (Å²) >= 11 is 0. The Morgan fingerprint density at radius 2 is 1.59 bits per heavy atom. The third kappa shape index (κ3) is 3.60. The fourth-order valence-electron chi connectivity index (χ4n) is 3.94. The molecule has 3 aromatic carbocycles. The number of nitrogens with zero attached hydrogens (tertiary/aromatic N) is 1. The van der Waals surface area contributed by atoms with E-state index in [1.165, 1.54) is 12.0 Å². The maximum Gasteiger partial charge on any atom is 0.300 e. The van der Waals surface area contributed by atoms with Crippen LogP contribution in [0.5, 0.6) is 11.5 Å². The van der Waals surface area contributed by atoms with Gasteiger partial charge in [-0.3, -0.25) is 14.5 Å². The molecule has 0 aromatic heterocycles. The predicted molar refractivity (Wildman–Crippen MR) is 122 cm³/mol. The van der Waals surface area contributed by atoms with E-state index < -0.39 is 17.7 Å². The van der Waals surface area contributed by atoms with E-state index >= 15 is 0 Å². The highest BCUT2D eigenvalue weighted by atomic mass is 16.5. The van der Waals surface area contributed by atoms with Crippen LogP contribution in [0.4, 0.5) is 5.69 Å². The molecule has 32 heavy (non-hydrogen) atoms. The Morgan fingerprint density at radius 1 is 0.906 bits per heavy atom. The van der Waals surface area contributed by atoms with Crippen molar-refractivity contribution in [1.82, 2.24) is 0 Å². The van der Waals surface area contributed by atoms with Crippen LogP contribution in [0.2, 0.25) is 0 Å². The molecule has 1 atom stereocenters. The molecule has 4 rings (SSSR count). The molecule has 1 saturated heterocycles. The standard InChI is InChI=1S/C26H23NO5/c1-16-9-14-21(32-3)20(15-16)24(28)22-23(17-7-5-4-6-8-17)27(26(30)25(22)29)18-10-12-19(31-2)13-11-18/h4-15,23,28H,1-3H3/b24-22+. The molecule has 0 spiro atoms. The number of ketones is 1. The first-order valence-electron chi connectivity index (χ1n) is 10.1. The summed E-state index contributed by atoms with van der Waals surface area (Å²) in [6, 6.07) is 20.6. The van der Waals surface area contributed by atoms with E-state index in [2.05, 4.69) is 0 Å². The summed E-state index contributed by atoms with van der Waals surface area (Å²) in [6.07, 6.45) is 0. The van der Waals surface area contributed by atoms with Crippen LogP contribution in [0, 0.1) is 6.92 Å². The van der Waals surface area contributed by atoms with Crippen LogP contribution < -0.4 is 14.4 Å². The minimum Gasteiger partial charge on any atom is -0.507 e. The lowest BCUT2D eigenvalue weighted by Gasteiger charge is -2.25. The summed E-state index contributed by atoms with van der Waals surface area (Å²) in [6.45, 7) is 1.88. The van der Waals surface area contributed by atoms with Crippen LogP contribution >= 0.6 is 0 Å². The van der Waals surface area contributed by atoms with E-state index in [1.807, 2.05) is 43.3 Å². The Labute approximate surface area is 186 Å². The van der Waals surface area contributed by atoms with Crippen LogP contribution in [0.25, 0.3) is 5.76 Å².